The van der Waals surface area contributed by atoms with Gasteiger partial charge in [0.1, 0.15) is 0 Å². The first-order chi connectivity index (χ1) is 30.1. The maximum absolute atomic E-state index is 2.70. The number of aryl methyl sites for hydroxylation is 2. The monoisotopic (exact) mass is 856 g/mol. The standard InChI is InChI=1S/C60H65BN2S/c1-36-29-50-53-51(30-36)63(48-24-19-39(31-37(48)2)38-17-15-14-16-18-38)49-34-45-44(58(8,9)26-27-59(45,10)11)33-47(49)61(53)55-54(62(50)41-22-20-40(21-23-41)56(3,4)5)42-32-43-46(35-52(42)64-55)60(12,13)28-25-57(43,6)7/h14-24,29-35H,25-28H2,1-13H3. The molecule has 0 unspecified atom stereocenters. The molecule has 0 saturated carbocycles. The summed E-state index contributed by atoms with van der Waals surface area (Å²) < 4.78 is 2.88. The number of hydrogen-bond acceptors (Lipinski definition) is 3. The van der Waals surface area contributed by atoms with E-state index < -0.39 is 0 Å². The second-order valence-corrected chi connectivity index (χ2v) is 24.8. The smallest absolute Gasteiger partial charge is 0.264 e. The molecule has 0 saturated heterocycles. The van der Waals surface area contributed by atoms with Crippen LogP contribution in [0.15, 0.2) is 109 Å². The maximum atomic E-state index is 2.70. The predicted molar refractivity (Wildman–Crippen MR) is 280 cm³/mol. The first kappa shape index (κ1) is 41.6. The zero-order valence-electron chi connectivity index (χ0n) is 40.6. The van der Waals surface area contributed by atoms with Crippen LogP contribution in [0.25, 0.3) is 21.2 Å². The van der Waals surface area contributed by atoms with Gasteiger partial charge in [-0.05, 0) is 182 Å². The number of anilines is 6. The quantitative estimate of drug-likeness (QED) is 0.163. The minimum atomic E-state index is 0.0608. The van der Waals surface area contributed by atoms with Crippen molar-refractivity contribution in [2.75, 3.05) is 9.80 Å². The largest absolute Gasteiger partial charge is 0.311 e. The normalized spacial score (nSPS) is 18.5. The van der Waals surface area contributed by atoms with Crippen LogP contribution in [-0.2, 0) is 27.1 Å². The second kappa shape index (κ2) is 13.7. The van der Waals surface area contributed by atoms with Gasteiger partial charge in [-0.15, -0.1) is 11.3 Å². The van der Waals surface area contributed by atoms with E-state index in [4.69, 9.17) is 0 Å². The lowest BCUT2D eigenvalue weighted by Gasteiger charge is -2.47. The van der Waals surface area contributed by atoms with Crippen molar-refractivity contribution in [1.82, 2.24) is 0 Å². The zero-order chi connectivity index (χ0) is 45.0. The molecule has 2 nitrogen and oxygen atoms in total. The molecule has 0 N–H and O–H groups in total. The Balaban J connectivity index is 1.25. The average molecular weight is 857 g/mol. The first-order valence-electron chi connectivity index (χ1n) is 24.0. The van der Waals surface area contributed by atoms with Crippen molar-refractivity contribution in [3.63, 3.8) is 0 Å². The molecule has 64 heavy (non-hydrogen) atoms. The third-order valence-electron chi connectivity index (χ3n) is 16.3. The van der Waals surface area contributed by atoms with Gasteiger partial charge in [-0.25, -0.2) is 0 Å². The van der Waals surface area contributed by atoms with Crippen LogP contribution in [0.1, 0.15) is 141 Å². The molecule has 0 fully saturated rings. The zero-order valence-corrected chi connectivity index (χ0v) is 41.4. The van der Waals surface area contributed by atoms with Gasteiger partial charge in [0.2, 0.25) is 0 Å². The average Bonchev–Trinajstić information content (AvgIpc) is 3.62. The molecule has 6 aromatic carbocycles. The number of rotatable bonds is 3. The highest BCUT2D eigenvalue weighted by Crippen LogP contribution is 2.54. The van der Waals surface area contributed by atoms with Gasteiger partial charge in [-0.2, -0.15) is 0 Å². The Morgan fingerprint density at radius 1 is 0.531 bits per heavy atom. The van der Waals surface area contributed by atoms with E-state index >= 15 is 0 Å². The molecule has 2 aliphatic heterocycles. The van der Waals surface area contributed by atoms with E-state index in [-0.39, 0.29) is 33.8 Å². The maximum Gasteiger partial charge on any atom is 0.264 e. The van der Waals surface area contributed by atoms with Crippen LogP contribution in [0.3, 0.4) is 0 Å². The SMILES string of the molecule is Cc1cc2c3c(c1)N(c1ccc(C(C)(C)C)cc1)c1c(sc4cc5c(cc14)C(C)(C)CCC5(C)C)B3c1cc3c(cc1N2c1ccc(-c2ccccc2)cc1C)C(C)(C)CCC3(C)C. The Labute approximate surface area is 387 Å². The van der Waals surface area contributed by atoms with Gasteiger partial charge < -0.3 is 9.80 Å². The molecule has 4 heteroatoms. The molecule has 0 bridgehead atoms. The van der Waals surface area contributed by atoms with Gasteiger partial charge in [0.15, 0.2) is 0 Å². The van der Waals surface area contributed by atoms with Gasteiger partial charge >= 0.3 is 0 Å². The number of thiophene rings is 1. The Kier molecular flexibility index (Phi) is 8.94. The molecule has 1 aromatic heterocycles. The van der Waals surface area contributed by atoms with Crippen molar-refractivity contribution in [1.29, 1.82) is 0 Å². The molecule has 4 aliphatic rings. The van der Waals surface area contributed by atoms with Crippen molar-refractivity contribution in [2.45, 2.75) is 143 Å². The molecule has 324 valence electrons. The molecule has 7 aromatic rings. The van der Waals surface area contributed by atoms with Crippen LogP contribution in [0.4, 0.5) is 34.1 Å². The fourth-order valence-corrected chi connectivity index (χ4v) is 13.4. The molecule has 0 amide bonds. The highest BCUT2D eigenvalue weighted by Gasteiger charge is 2.48. The third kappa shape index (κ3) is 6.17. The van der Waals surface area contributed by atoms with Crippen LogP contribution in [0.2, 0.25) is 0 Å². The first-order valence-corrected chi connectivity index (χ1v) is 24.8. The fourth-order valence-electron chi connectivity index (χ4n) is 12.1. The number of hydrogen-bond donors (Lipinski definition) is 0. The topological polar surface area (TPSA) is 6.48 Å². The fraction of sp³-hybridized carbons (Fsp3) is 0.367. The minimum absolute atomic E-state index is 0.0608. The van der Waals surface area contributed by atoms with Crippen molar-refractivity contribution in [2.24, 2.45) is 0 Å². The van der Waals surface area contributed by atoms with Crippen LogP contribution in [0.5, 0.6) is 0 Å². The van der Waals surface area contributed by atoms with Crippen molar-refractivity contribution in [3.05, 3.63) is 148 Å². The lowest BCUT2D eigenvalue weighted by atomic mass is 9.35. The van der Waals surface area contributed by atoms with Crippen molar-refractivity contribution < 1.29 is 0 Å². The van der Waals surface area contributed by atoms with E-state index in [0.717, 1.165) is 0 Å². The summed E-state index contributed by atoms with van der Waals surface area (Å²) in [5.41, 5.74) is 23.6. The van der Waals surface area contributed by atoms with Crippen LogP contribution in [0, 0.1) is 13.8 Å². The summed E-state index contributed by atoms with van der Waals surface area (Å²) in [5, 5.41) is 1.40. The highest BCUT2D eigenvalue weighted by atomic mass is 32.1. The lowest BCUT2D eigenvalue weighted by molar-refractivity contribution is 0.332. The molecule has 0 spiro atoms. The van der Waals surface area contributed by atoms with Crippen molar-refractivity contribution in [3.8, 4) is 11.1 Å². The lowest BCUT2D eigenvalue weighted by Crippen LogP contribution is -2.61. The molecule has 0 radical (unpaired) electrons. The summed E-state index contributed by atoms with van der Waals surface area (Å²) in [6.07, 6.45) is 4.77. The summed E-state index contributed by atoms with van der Waals surface area (Å²) >= 11 is 2.06. The molecule has 3 heterocycles. The van der Waals surface area contributed by atoms with Gasteiger partial charge in [-0.3, -0.25) is 0 Å². The van der Waals surface area contributed by atoms with E-state index in [0.29, 0.717) is 0 Å². The second-order valence-electron chi connectivity index (χ2n) is 23.7. The summed E-state index contributed by atoms with van der Waals surface area (Å²) in [7, 11) is 0. The Hall–Kier alpha value is -5.06. The Morgan fingerprint density at radius 3 is 1.69 bits per heavy atom. The summed E-state index contributed by atoms with van der Waals surface area (Å²) in [6.45, 7) is 31.5. The summed E-state index contributed by atoms with van der Waals surface area (Å²) in [4.78, 5) is 5.35. The third-order valence-corrected chi connectivity index (χ3v) is 17.5. The molecule has 11 rings (SSSR count). The molecule has 0 atom stereocenters. The van der Waals surface area contributed by atoms with E-state index in [2.05, 4.69) is 220 Å². The number of nitrogens with zero attached hydrogens (tertiary/aromatic N) is 2. The van der Waals surface area contributed by atoms with E-state index in [1.165, 1.54) is 136 Å². The predicted octanol–water partition coefficient (Wildman–Crippen LogP) is 15.3. The molecule has 2 aliphatic carbocycles. The highest BCUT2D eigenvalue weighted by molar-refractivity contribution is 7.33. The summed E-state index contributed by atoms with van der Waals surface area (Å²) in [6, 6.07) is 43.2. The Morgan fingerprint density at radius 2 is 1.09 bits per heavy atom. The number of benzene rings is 6. The minimum Gasteiger partial charge on any atom is -0.311 e. The van der Waals surface area contributed by atoms with Crippen LogP contribution >= 0.6 is 11.3 Å². The van der Waals surface area contributed by atoms with E-state index in [1.54, 1.807) is 0 Å². The summed E-state index contributed by atoms with van der Waals surface area (Å²) in [5.74, 6) is 0. The van der Waals surface area contributed by atoms with E-state index in [1.807, 2.05) is 0 Å². The van der Waals surface area contributed by atoms with Gasteiger partial charge in [0.05, 0.1) is 5.69 Å². The molecular formula is C60H65BN2S. The van der Waals surface area contributed by atoms with E-state index in [9.17, 15) is 0 Å². The van der Waals surface area contributed by atoms with Gasteiger partial charge in [0.25, 0.3) is 6.71 Å². The molecular weight excluding hydrogens is 792 g/mol. The number of fused-ring (bicyclic) bond motifs is 8. The van der Waals surface area contributed by atoms with Crippen LogP contribution < -0.4 is 25.5 Å². The Bertz CT molecular complexity index is 3060. The van der Waals surface area contributed by atoms with Gasteiger partial charge in [-0.1, -0.05) is 131 Å². The van der Waals surface area contributed by atoms with Gasteiger partial charge in [0, 0.05) is 43.3 Å². The van der Waals surface area contributed by atoms with Crippen LogP contribution in [-0.4, -0.2) is 6.71 Å². The van der Waals surface area contributed by atoms with Crippen molar-refractivity contribution >= 4 is 78.0 Å².